The molecule has 0 fully saturated rings. The van der Waals surface area contributed by atoms with Crippen molar-refractivity contribution in [2.24, 2.45) is 0 Å². The average molecular weight is 452 g/mol. The van der Waals surface area contributed by atoms with Crippen molar-refractivity contribution in [3.05, 3.63) is 65.7 Å². The lowest BCUT2D eigenvalue weighted by atomic mass is 9.98. The second-order valence-electron chi connectivity index (χ2n) is 7.41. The number of rotatable bonds is 7. The third kappa shape index (κ3) is 4.59. The Hall–Kier alpha value is -4.47. The molecule has 2 aromatic carbocycles. The summed E-state index contributed by atoms with van der Waals surface area (Å²) in [6.07, 6.45) is -1.73. The van der Waals surface area contributed by atoms with Gasteiger partial charge in [-0.05, 0) is 22.3 Å². The Labute approximate surface area is 187 Å². The quantitative estimate of drug-likeness (QED) is 0.342. The van der Waals surface area contributed by atoms with Gasteiger partial charge in [0.1, 0.15) is 12.6 Å². The van der Waals surface area contributed by atoms with Gasteiger partial charge in [0.25, 0.3) is 0 Å². The van der Waals surface area contributed by atoms with E-state index in [-0.39, 0.29) is 18.3 Å². The number of carbonyl (C=O) groups is 3. The minimum atomic E-state index is -1.62. The van der Waals surface area contributed by atoms with Gasteiger partial charge in [-0.1, -0.05) is 48.5 Å². The van der Waals surface area contributed by atoms with Crippen molar-refractivity contribution < 1.29 is 39.2 Å². The number of H-pyrrole nitrogens is 1. The molecular weight excluding hydrogens is 432 g/mol. The number of carboxylic acids is 1. The van der Waals surface area contributed by atoms with Crippen LogP contribution in [0.1, 0.15) is 23.5 Å². The van der Waals surface area contributed by atoms with E-state index >= 15 is 0 Å². The molecule has 3 aromatic rings. The van der Waals surface area contributed by atoms with Crippen molar-refractivity contribution >= 4 is 18.0 Å². The Morgan fingerprint density at radius 2 is 1.61 bits per heavy atom. The van der Waals surface area contributed by atoms with Crippen LogP contribution in [0.4, 0.5) is 4.79 Å². The molecule has 5 N–H and O–H groups in total. The van der Waals surface area contributed by atoms with Crippen LogP contribution in [0, 0.1) is 0 Å². The van der Waals surface area contributed by atoms with Crippen molar-refractivity contribution in [3.63, 3.8) is 0 Å². The summed E-state index contributed by atoms with van der Waals surface area (Å²) >= 11 is 0. The average Bonchev–Trinajstić information content (AvgIpc) is 3.27. The number of alkyl carbamates (subject to hydrolysis) is 1. The molecule has 10 heteroatoms. The SMILES string of the molecule is O=C(C[C@H](NC(=O)OCC1c2ccccc2-c2ccccc21)C(=O)O)Oc1cc(O)[nH]c1O. The van der Waals surface area contributed by atoms with Crippen LogP contribution in [0.2, 0.25) is 0 Å². The lowest BCUT2D eigenvalue weighted by Gasteiger charge is -2.17. The number of carbonyl (C=O) groups excluding carboxylic acids is 2. The van der Waals surface area contributed by atoms with Gasteiger partial charge in [0.15, 0.2) is 11.6 Å². The molecule has 33 heavy (non-hydrogen) atoms. The molecule has 0 bridgehead atoms. The molecule has 0 saturated carbocycles. The number of aliphatic carboxylic acids is 1. The topological polar surface area (TPSA) is 158 Å². The van der Waals surface area contributed by atoms with Crippen molar-refractivity contribution in [1.29, 1.82) is 0 Å². The number of benzene rings is 2. The molecule has 0 spiro atoms. The van der Waals surface area contributed by atoms with Crippen LogP contribution in [-0.2, 0) is 14.3 Å². The van der Waals surface area contributed by atoms with Crippen molar-refractivity contribution in [2.75, 3.05) is 6.61 Å². The van der Waals surface area contributed by atoms with E-state index in [2.05, 4.69) is 10.3 Å². The van der Waals surface area contributed by atoms with E-state index in [0.717, 1.165) is 28.3 Å². The highest BCUT2D eigenvalue weighted by Crippen LogP contribution is 2.44. The third-order valence-electron chi connectivity index (χ3n) is 5.28. The van der Waals surface area contributed by atoms with Crippen LogP contribution in [0.5, 0.6) is 17.5 Å². The first-order valence-corrected chi connectivity index (χ1v) is 9.99. The number of esters is 1. The number of hydrogen-bond donors (Lipinski definition) is 5. The second kappa shape index (κ2) is 8.95. The molecule has 0 aliphatic heterocycles. The largest absolute Gasteiger partial charge is 0.494 e. The molecule has 1 amide bonds. The molecule has 170 valence electrons. The first-order valence-electron chi connectivity index (χ1n) is 9.99. The summed E-state index contributed by atoms with van der Waals surface area (Å²) in [5, 5.41) is 30.2. The predicted molar refractivity (Wildman–Crippen MR) is 114 cm³/mol. The van der Waals surface area contributed by atoms with Gasteiger partial charge in [0, 0.05) is 12.0 Å². The third-order valence-corrected chi connectivity index (χ3v) is 5.28. The summed E-state index contributed by atoms with van der Waals surface area (Å²) in [5.41, 5.74) is 4.10. The number of ether oxygens (including phenoxy) is 2. The first kappa shape index (κ1) is 21.8. The molecule has 4 rings (SSSR count). The Morgan fingerprint density at radius 1 is 1.00 bits per heavy atom. The fourth-order valence-electron chi connectivity index (χ4n) is 3.80. The van der Waals surface area contributed by atoms with Gasteiger partial charge in [-0.2, -0.15) is 0 Å². The van der Waals surface area contributed by atoms with Crippen LogP contribution in [0.15, 0.2) is 54.6 Å². The Balaban J connectivity index is 1.37. The maximum Gasteiger partial charge on any atom is 0.407 e. The number of hydrogen-bond acceptors (Lipinski definition) is 7. The van der Waals surface area contributed by atoms with Crippen LogP contribution >= 0.6 is 0 Å². The van der Waals surface area contributed by atoms with Crippen LogP contribution in [-0.4, -0.2) is 51.0 Å². The van der Waals surface area contributed by atoms with Crippen LogP contribution < -0.4 is 10.1 Å². The number of fused-ring (bicyclic) bond motifs is 3. The van der Waals surface area contributed by atoms with Crippen LogP contribution in [0.25, 0.3) is 11.1 Å². The van der Waals surface area contributed by atoms with E-state index in [1.807, 2.05) is 48.5 Å². The van der Waals surface area contributed by atoms with E-state index in [4.69, 9.17) is 9.47 Å². The van der Waals surface area contributed by atoms with E-state index in [1.165, 1.54) is 0 Å². The normalized spacial score (nSPS) is 13.0. The highest BCUT2D eigenvalue weighted by molar-refractivity contribution is 5.86. The zero-order valence-corrected chi connectivity index (χ0v) is 17.1. The summed E-state index contributed by atoms with van der Waals surface area (Å²) in [6, 6.07) is 14.8. The zero-order chi connectivity index (χ0) is 23.5. The van der Waals surface area contributed by atoms with E-state index in [1.54, 1.807) is 0 Å². The maximum atomic E-state index is 12.3. The van der Waals surface area contributed by atoms with Crippen molar-refractivity contribution in [3.8, 4) is 28.6 Å². The van der Waals surface area contributed by atoms with E-state index in [0.29, 0.717) is 0 Å². The fraction of sp³-hybridized carbons (Fsp3) is 0.174. The Morgan fingerprint density at radius 3 is 2.15 bits per heavy atom. The molecule has 0 saturated heterocycles. The first-order chi connectivity index (χ1) is 15.8. The van der Waals surface area contributed by atoms with Gasteiger partial charge in [-0.3, -0.25) is 9.78 Å². The minimum Gasteiger partial charge on any atom is -0.494 e. The number of carboxylic acid groups (broad SMARTS) is 1. The molecule has 1 aliphatic carbocycles. The predicted octanol–water partition coefficient (Wildman–Crippen LogP) is 2.71. The van der Waals surface area contributed by atoms with Gasteiger partial charge in [0.2, 0.25) is 5.88 Å². The minimum absolute atomic E-state index is 0.0207. The zero-order valence-electron chi connectivity index (χ0n) is 17.1. The number of aromatic amines is 1. The number of aromatic hydroxyl groups is 2. The highest BCUT2D eigenvalue weighted by atomic mass is 16.6. The highest BCUT2D eigenvalue weighted by Gasteiger charge is 2.30. The molecular formula is C23H20N2O8. The summed E-state index contributed by atoms with van der Waals surface area (Å²) in [7, 11) is 0. The second-order valence-corrected chi connectivity index (χ2v) is 7.41. The Bertz CT molecular complexity index is 1170. The van der Waals surface area contributed by atoms with Gasteiger partial charge >= 0.3 is 18.0 Å². The van der Waals surface area contributed by atoms with Crippen molar-refractivity contribution in [1.82, 2.24) is 10.3 Å². The lowest BCUT2D eigenvalue weighted by Crippen LogP contribution is -2.43. The molecule has 0 radical (unpaired) electrons. The summed E-state index contributed by atoms with van der Waals surface area (Å²) in [4.78, 5) is 38.0. The number of nitrogens with one attached hydrogen (secondary N) is 2. The molecule has 0 unspecified atom stereocenters. The number of amides is 1. The molecule has 10 nitrogen and oxygen atoms in total. The van der Waals surface area contributed by atoms with E-state index < -0.39 is 42.3 Å². The standard InChI is InChI=1S/C23H20N2O8/c26-19-10-18(21(28)25-19)33-20(27)9-17(22(29)30)24-23(31)32-11-16-14-7-3-1-5-12(14)13-6-2-4-8-15(13)16/h1-8,10,16-17,25-26,28H,9,11H2,(H,24,31)(H,29,30)/t17-/m0/s1. The molecule has 1 aliphatic rings. The molecule has 1 heterocycles. The summed E-state index contributed by atoms with van der Waals surface area (Å²) in [5.74, 6) is -4.14. The maximum absolute atomic E-state index is 12.3. The number of aromatic nitrogens is 1. The van der Waals surface area contributed by atoms with E-state index in [9.17, 15) is 29.7 Å². The summed E-state index contributed by atoms with van der Waals surface area (Å²) < 4.78 is 10.1. The van der Waals surface area contributed by atoms with Gasteiger partial charge in [-0.25, -0.2) is 9.59 Å². The van der Waals surface area contributed by atoms with Crippen LogP contribution in [0.3, 0.4) is 0 Å². The van der Waals surface area contributed by atoms with Gasteiger partial charge in [0.05, 0.1) is 6.42 Å². The summed E-state index contributed by atoms with van der Waals surface area (Å²) in [6.45, 7) is -0.0207. The Kier molecular flexibility index (Phi) is 5.90. The van der Waals surface area contributed by atoms with Gasteiger partial charge < -0.3 is 30.1 Å². The molecule has 1 atom stereocenters. The molecule has 1 aromatic heterocycles. The fourth-order valence-corrected chi connectivity index (χ4v) is 3.80. The smallest absolute Gasteiger partial charge is 0.407 e. The van der Waals surface area contributed by atoms with Crippen molar-refractivity contribution in [2.45, 2.75) is 18.4 Å². The van der Waals surface area contributed by atoms with Gasteiger partial charge in [-0.15, -0.1) is 0 Å². The lowest BCUT2D eigenvalue weighted by molar-refractivity contribution is -0.144. The monoisotopic (exact) mass is 452 g/mol.